The quantitative estimate of drug-likeness (QED) is 0.594. The van der Waals surface area contributed by atoms with E-state index in [-0.39, 0.29) is 28.7 Å². The third-order valence-corrected chi connectivity index (χ3v) is 4.48. The minimum absolute atomic E-state index is 0. The van der Waals surface area contributed by atoms with Crippen LogP contribution in [-0.4, -0.2) is 37.0 Å². The summed E-state index contributed by atoms with van der Waals surface area (Å²) in [6.45, 7) is 0.673. The van der Waals surface area contributed by atoms with Crippen molar-refractivity contribution in [2.75, 3.05) is 20.1 Å². The first-order valence-corrected chi connectivity index (χ1v) is 8.07. The molecule has 10 heteroatoms. The molecule has 0 radical (unpaired) electrons. The van der Waals surface area contributed by atoms with Gasteiger partial charge in [0.2, 0.25) is 20.0 Å². The highest BCUT2D eigenvalue weighted by atomic mass is 35.5. The molecule has 19 heavy (non-hydrogen) atoms. The summed E-state index contributed by atoms with van der Waals surface area (Å²) in [7, 11) is -5.95. The monoisotopic (exact) mass is 329 g/mol. The lowest BCUT2D eigenvalue weighted by atomic mass is 10.4. The molecule has 1 aromatic carbocycles. The Hall–Kier alpha value is -0.710. The van der Waals surface area contributed by atoms with Crippen LogP contribution in [0.4, 0.5) is 0 Å². The Labute approximate surface area is 119 Å². The highest BCUT2D eigenvalue weighted by molar-refractivity contribution is 7.90. The zero-order valence-electron chi connectivity index (χ0n) is 10.2. The van der Waals surface area contributed by atoms with Crippen molar-refractivity contribution < 1.29 is 16.8 Å². The van der Waals surface area contributed by atoms with Crippen LogP contribution in [0, 0.1) is 0 Å². The first kappa shape index (κ1) is 18.3. The van der Waals surface area contributed by atoms with E-state index in [0.29, 0.717) is 6.54 Å². The van der Waals surface area contributed by atoms with Crippen molar-refractivity contribution in [3.8, 4) is 0 Å². The Balaban J connectivity index is 0.00000324. The number of hydrogen-bond donors (Lipinski definition) is 3. The summed E-state index contributed by atoms with van der Waals surface area (Å²) in [5.41, 5.74) is 0. The fourth-order valence-corrected chi connectivity index (χ4v) is 2.92. The fraction of sp³-hybridized carbons (Fsp3) is 0.333. The van der Waals surface area contributed by atoms with Crippen molar-refractivity contribution >= 4 is 32.5 Å². The SMILES string of the molecule is CNCCNS(=O)(=O)c1cccc(S(N)(=O)=O)c1.Cl. The van der Waals surface area contributed by atoms with Gasteiger partial charge in [0.15, 0.2) is 0 Å². The normalized spacial score (nSPS) is 11.9. The van der Waals surface area contributed by atoms with Crippen LogP contribution in [0.25, 0.3) is 0 Å². The van der Waals surface area contributed by atoms with Crippen molar-refractivity contribution in [1.82, 2.24) is 10.0 Å². The molecular formula is C9H16ClN3O4S2. The average Bonchev–Trinajstić information content (AvgIpc) is 2.28. The molecule has 0 unspecified atom stereocenters. The van der Waals surface area contributed by atoms with E-state index in [4.69, 9.17) is 5.14 Å². The van der Waals surface area contributed by atoms with Gasteiger partial charge in [-0.25, -0.2) is 26.7 Å². The van der Waals surface area contributed by atoms with Gasteiger partial charge in [0, 0.05) is 13.1 Å². The summed E-state index contributed by atoms with van der Waals surface area (Å²) in [4.78, 5) is -0.371. The third kappa shape index (κ3) is 5.43. The first-order chi connectivity index (χ1) is 8.27. The highest BCUT2D eigenvalue weighted by Gasteiger charge is 2.16. The molecule has 0 amide bonds. The lowest BCUT2D eigenvalue weighted by Gasteiger charge is -2.07. The highest BCUT2D eigenvalue weighted by Crippen LogP contribution is 2.14. The number of halogens is 1. The number of benzene rings is 1. The molecule has 0 heterocycles. The largest absolute Gasteiger partial charge is 0.318 e. The number of likely N-dealkylation sites (N-methyl/N-ethyl adjacent to an activating group) is 1. The lowest BCUT2D eigenvalue weighted by Crippen LogP contribution is -2.30. The zero-order chi connectivity index (χ0) is 13.8. The molecule has 0 fully saturated rings. The Morgan fingerprint density at radius 2 is 1.68 bits per heavy atom. The lowest BCUT2D eigenvalue weighted by molar-refractivity contribution is 0.579. The average molecular weight is 330 g/mol. The molecule has 1 rings (SSSR count). The molecule has 4 N–H and O–H groups in total. The summed E-state index contributed by atoms with van der Waals surface area (Å²) in [6, 6.07) is 4.89. The van der Waals surface area contributed by atoms with Gasteiger partial charge in [-0.3, -0.25) is 0 Å². The van der Waals surface area contributed by atoms with Crippen LogP contribution in [-0.2, 0) is 20.0 Å². The van der Waals surface area contributed by atoms with E-state index < -0.39 is 20.0 Å². The van der Waals surface area contributed by atoms with Crippen molar-refractivity contribution in [2.45, 2.75) is 9.79 Å². The van der Waals surface area contributed by atoms with E-state index in [9.17, 15) is 16.8 Å². The van der Waals surface area contributed by atoms with Crippen LogP contribution in [0.5, 0.6) is 0 Å². The Morgan fingerprint density at radius 3 is 2.21 bits per heavy atom. The topological polar surface area (TPSA) is 118 Å². The molecule has 0 saturated heterocycles. The summed E-state index contributed by atoms with van der Waals surface area (Å²) < 4.78 is 48.2. The Kier molecular flexibility index (Phi) is 6.91. The Bertz CT molecular complexity index is 616. The molecule has 110 valence electrons. The minimum atomic E-state index is -3.92. The first-order valence-electron chi connectivity index (χ1n) is 5.04. The van der Waals surface area contributed by atoms with Crippen LogP contribution in [0.1, 0.15) is 0 Å². The van der Waals surface area contributed by atoms with Gasteiger partial charge in [-0.05, 0) is 25.2 Å². The third-order valence-electron chi connectivity index (χ3n) is 2.11. The van der Waals surface area contributed by atoms with Gasteiger partial charge in [0.25, 0.3) is 0 Å². The van der Waals surface area contributed by atoms with Gasteiger partial charge < -0.3 is 5.32 Å². The molecular weight excluding hydrogens is 314 g/mol. The number of nitrogens with two attached hydrogens (primary N) is 1. The summed E-state index contributed by atoms with van der Waals surface area (Å²) >= 11 is 0. The maximum Gasteiger partial charge on any atom is 0.240 e. The van der Waals surface area contributed by atoms with E-state index in [1.807, 2.05) is 0 Å². The van der Waals surface area contributed by atoms with Gasteiger partial charge >= 0.3 is 0 Å². The van der Waals surface area contributed by atoms with Crippen molar-refractivity contribution in [3.63, 3.8) is 0 Å². The molecule has 0 atom stereocenters. The second-order valence-electron chi connectivity index (χ2n) is 3.52. The number of primary sulfonamides is 1. The maximum atomic E-state index is 11.8. The van der Waals surface area contributed by atoms with E-state index in [1.54, 1.807) is 7.05 Å². The summed E-state index contributed by atoms with van der Waals surface area (Å²) in [5.74, 6) is 0. The molecule has 0 aliphatic carbocycles. The zero-order valence-corrected chi connectivity index (χ0v) is 12.6. The maximum absolute atomic E-state index is 11.8. The number of nitrogens with one attached hydrogen (secondary N) is 2. The van der Waals surface area contributed by atoms with Crippen LogP contribution in [0.3, 0.4) is 0 Å². The number of rotatable bonds is 6. The molecule has 0 saturated carbocycles. The van der Waals surface area contributed by atoms with E-state index in [2.05, 4.69) is 10.0 Å². The van der Waals surface area contributed by atoms with Crippen molar-refractivity contribution in [3.05, 3.63) is 24.3 Å². The smallest absolute Gasteiger partial charge is 0.240 e. The van der Waals surface area contributed by atoms with Gasteiger partial charge in [0.1, 0.15) is 0 Å². The van der Waals surface area contributed by atoms with Gasteiger partial charge in [-0.1, -0.05) is 6.07 Å². The predicted octanol–water partition coefficient (Wildman–Crippen LogP) is -0.746. The molecule has 7 nitrogen and oxygen atoms in total. The van der Waals surface area contributed by atoms with Crippen LogP contribution < -0.4 is 15.2 Å². The standard InChI is InChI=1S/C9H15N3O4S2.ClH/c1-11-5-6-12-18(15,16)9-4-2-3-8(7-9)17(10,13)14;/h2-4,7,11-12H,5-6H2,1H3,(H2,10,13,14);1H. The Morgan fingerprint density at radius 1 is 1.11 bits per heavy atom. The van der Waals surface area contributed by atoms with Crippen LogP contribution in [0.2, 0.25) is 0 Å². The van der Waals surface area contributed by atoms with E-state index >= 15 is 0 Å². The molecule has 1 aromatic rings. The second-order valence-corrected chi connectivity index (χ2v) is 6.85. The van der Waals surface area contributed by atoms with Crippen molar-refractivity contribution in [2.24, 2.45) is 5.14 Å². The number of hydrogen-bond acceptors (Lipinski definition) is 5. The number of sulfonamides is 2. The van der Waals surface area contributed by atoms with Gasteiger partial charge in [0.05, 0.1) is 9.79 Å². The molecule has 0 aliphatic rings. The second kappa shape index (κ2) is 7.17. The van der Waals surface area contributed by atoms with E-state index in [1.165, 1.54) is 18.2 Å². The predicted molar refractivity (Wildman–Crippen MR) is 74.2 cm³/mol. The minimum Gasteiger partial charge on any atom is -0.318 e. The fourth-order valence-electron chi connectivity index (χ4n) is 1.21. The molecule has 0 spiro atoms. The summed E-state index contributed by atoms with van der Waals surface area (Å²) in [6.07, 6.45) is 0. The van der Waals surface area contributed by atoms with Crippen LogP contribution >= 0.6 is 12.4 Å². The molecule has 0 aromatic heterocycles. The van der Waals surface area contributed by atoms with Gasteiger partial charge in [-0.2, -0.15) is 0 Å². The summed E-state index contributed by atoms with van der Waals surface area (Å²) in [5, 5.41) is 7.72. The van der Waals surface area contributed by atoms with E-state index in [0.717, 1.165) is 6.07 Å². The van der Waals surface area contributed by atoms with Crippen LogP contribution in [0.15, 0.2) is 34.1 Å². The molecule has 0 aliphatic heterocycles. The van der Waals surface area contributed by atoms with Gasteiger partial charge in [-0.15, -0.1) is 12.4 Å². The molecule has 0 bridgehead atoms. The van der Waals surface area contributed by atoms with Crippen molar-refractivity contribution in [1.29, 1.82) is 0 Å².